The molecule has 7 heteroatoms. The van der Waals surface area contributed by atoms with Crippen LogP contribution in [-0.4, -0.2) is 26.7 Å². The predicted octanol–water partition coefficient (Wildman–Crippen LogP) is 3.32. The summed E-state index contributed by atoms with van der Waals surface area (Å²) in [6.45, 7) is 0. The SMILES string of the molecule is O=C(NNC(=O)c1cn(-c2ccccc2)nc1-c1ccccc1)c1ccccc1O. The maximum Gasteiger partial charge on any atom is 0.273 e. The van der Waals surface area contributed by atoms with E-state index in [2.05, 4.69) is 16.0 Å². The highest BCUT2D eigenvalue weighted by atomic mass is 16.3. The van der Waals surface area contributed by atoms with Crippen molar-refractivity contribution in [2.75, 3.05) is 0 Å². The van der Waals surface area contributed by atoms with Crippen LogP contribution in [0.3, 0.4) is 0 Å². The lowest BCUT2D eigenvalue weighted by Gasteiger charge is -2.08. The van der Waals surface area contributed by atoms with Crippen molar-refractivity contribution in [1.29, 1.82) is 0 Å². The van der Waals surface area contributed by atoms with Crippen molar-refractivity contribution in [2.24, 2.45) is 0 Å². The van der Waals surface area contributed by atoms with Gasteiger partial charge < -0.3 is 5.11 Å². The number of phenols is 1. The van der Waals surface area contributed by atoms with Crippen LogP contribution in [0.4, 0.5) is 0 Å². The molecule has 1 aromatic heterocycles. The standard InChI is InChI=1S/C23H18N4O3/c28-20-14-8-7-13-18(20)22(29)24-25-23(30)19-15-27(17-11-5-2-6-12-17)26-21(19)16-9-3-1-4-10-16/h1-15,28H,(H,24,29)(H,25,30). The Hall–Kier alpha value is -4.39. The van der Waals surface area contributed by atoms with Crippen molar-refractivity contribution >= 4 is 11.8 Å². The second kappa shape index (κ2) is 8.32. The first-order valence-electron chi connectivity index (χ1n) is 9.22. The van der Waals surface area contributed by atoms with E-state index in [1.807, 2.05) is 60.7 Å². The highest BCUT2D eigenvalue weighted by Crippen LogP contribution is 2.23. The zero-order valence-corrected chi connectivity index (χ0v) is 15.8. The molecule has 0 aliphatic heterocycles. The van der Waals surface area contributed by atoms with Crippen molar-refractivity contribution < 1.29 is 14.7 Å². The fourth-order valence-electron chi connectivity index (χ4n) is 2.98. The molecule has 7 nitrogen and oxygen atoms in total. The van der Waals surface area contributed by atoms with Crippen molar-refractivity contribution in [3.05, 3.63) is 102 Å². The van der Waals surface area contributed by atoms with Gasteiger partial charge in [-0.25, -0.2) is 4.68 Å². The summed E-state index contributed by atoms with van der Waals surface area (Å²) in [5.41, 5.74) is 7.12. The Kier molecular flexibility index (Phi) is 5.25. The lowest BCUT2D eigenvalue weighted by molar-refractivity contribution is 0.0845. The van der Waals surface area contributed by atoms with E-state index in [9.17, 15) is 14.7 Å². The van der Waals surface area contributed by atoms with Gasteiger partial charge in [-0.15, -0.1) is 0 Å². The molecule has 4 aromatic rings. The molecule has 3 N–H and O–H groups in total. The number of hydrogen-bond acceptors (Lipinski definition) is 4. The minimum atomic E-state index is -0.627. The fourth-order valence-corrected chi connectivity index (χ4v) is 2.98. The summed E-state index contributed by atoms with van der Waals surface area (Å²) in [6, 6.07) is 24.8. The van der Waals surface area contributed by atoms with E-state index in [4.69, 9.17) is 0 Å². The predicted molar refractivity (Wildman–Crippen MR) is 112 cm³/mol. The van der Waals surface area contributed by atoms with Gasteiger partial charge in [0, 0.05) is 11.8 Å². The third-order valence-corrected chi connectivity index (χ3v) is 4.47. The van der Waals surface area contributed by atoms with Crippen molar-refractivity contribution in [3.8, 4) is 22.7 Å². The summed E-state index contributed by atoms with van der Waals surface area (Å²) in [5.74, 6) is -1.33. The molecule has 0 spiro atoms. The van der Waals surface area contributed by atoms with E-state index >= 15 is 0 Å². The summed E-state index contributed by atoms with van der Waals surface area (Å²) < 4.78 is 1.61. The summed E-state index contributed by atoms with van der Waals surface area (Å²) in [6.07, 6.45) is 1.61. The molecular formula is C23H18N4O3. The van der Waals surface area contributed by atoms with Crippen molar-refractivity contribution in [1.82, 2.24) is 20.6 Å². The average Bonchev–Trinajstić information content (AvgIpc) is 3.24. The summed E-state index contributed by atoms with van der Waals surface area (Å²) >= 11 is 0. The van der Waals surface area contributed by atoms with Crippen LogP contribution >= 0.6 is 0 Å². The van der Waals surface area contributed by atoms with Gasteiger partial charge in [0.25, 0.3) is 11.8 Å². The number of rotatable bonds is 4. The molecule has 148 valence electrons. The highest BCUT2D eigenvalue weighted by molar-refractivity contribution is 6.03. The third kappa shape index (κ3) is 3.90. The number of aromatic nitrogens is 2. The number of aromatic hydroxyl groups is 1. The van der Waals surface area contributed by atoms with E-state index in [1.54, 1.807) is 23.0 Å². The molecule has 2 amide bonds. The number of carbonyl (C=O) groups excluding carboxylic acids is 2. The molecule has 0 aliphatic rings. The molecule has 0 saturated heterocycles. The highest BCUT2D eigenvalue weighted by Gasteiger charge is 2.20. The van der Waals surface area contributed by atoms with Gasteiger partial charge in [0.1, 0.15) is 11.4 Å². The Labute approximate surface area is 172 Å². The number of amides is 2. The molecule has 30 heavy (non-hydrogen) atoms. The number of nitrogens with one attached hydrogen (secondary N) is 2. The monoisotopic (exact) mass is 398 g/mol. The third-order valence-electron chi connectivity index (χ3n) is 4.47. The van der Waals surface area contributed by atoms with Gasteiger partial charge in [-0.05, 0) is 24.3 Å². The molecule has 0 radical (unpaired) electrons. The Morgan fingerprint density at radius 3 is 1.97 bits per heavy atom. The van der Waals surface area contributed by atoms with Gasteiger partial charge in [-0.3, -0.25) is 20.4 Å². The Morgan fingerprint density at radius 2 is 1.30 bits per heavy atom. The number of carbonyl (C=O) groups is 2. The second-order valence-electron chi connectivity index (χ2n) is 6.46. The van der Waals surface area contributed by atoms with E-state index in [0.29, 0.717) is 11.3 Å². The first-order chi connectivity index (χ1) is 14.6. The summed E-state index contributed by atoms with van der Waals surface area (Å²) in [7, 11) is 0. The van der Waals surface area contributed by atoms with Crippen LogP contribution in [0, 0.1) is 0 Å². The van der Waals surface area contributed by atoms with Crippen molar-refractivity contribution in [3.63, 3.8) is 0 Å². The number of phenolic OH excluding ortho intramolecular Hbond substituents is 1. The average molecular weight is 398 g/mol. The van der Waals surface area contributed by atoms with E-state index < -0.39 is 11.8 Å². The molecular weight excluding hydrogens is 380 g/mol. The smallest absolute Gasteiger partial charge is 0.273 e. The van der Waals surface area contributed by atoms with E-state index in [0.717, 1.165) is 11.3 Å². The number of hydrogen-bond donors (Lipinski definition) is 3. The summed E-state index contributed by atoms with van der Waals surface area (Å²) in [4.78, 5) is 25.1. The normalized spacial score (nSPS) is 10.4. The first-order valence-corrected chi connectivity index (χ1v) is 9.22. The van der Waals surface area contributed by atoms with Crippen LogP contribution < -0.4 is 10.9 Å². The first kappa shape index (κ1) is 18.9. The lowest BCUT2D eigenvalue weighted by atomic mass is 10.1. The van der Waals surface area contributed by atoms with Crippen LogP contribution in [0.5, 0.6) is 5.75 Å². The molecule has 0 unspecified atom stereocenters. The zero-order chi connectivity index (χ0) is 20.9. The Balaban J connectivity index is 1.62. The van der Waals surface area contributed by atoms with Gasteiger partial charge in [0.2, 0.25) is 0 Å². The number of hydrazine groups is 1. The molecule has 0 atom stereocenters. The summed E-state index contributed by atoms with van der Waals surface area (Å²) in [5, 5.41) is 14.4. The van der Waals surface area contributed by atoms with E-state index in [1.165, 1.54) is 12.1 Å². The van der Waals surface area contributed by atoms with Crippen LogP contribution in [-0.2, 0) is 0 Å². The molecule has 4 rings (SSSR count). The minimum absolute atomic E-state index is 0.0565. The van der Waals surface area contributed by atoms with Gasteiger partial charge in [-0.2, -0.15) is 5.10 Å². The quantitative estimate of drug-likeness (QED) is 0.460. The topological polar surface area (TPSA) is 96.3 Å². The van der Waals surface area contributed by atoms with Crippen LogP contribution in [0.2, 0.25) is 0 Å². The van der Waals surface area contributed by atoms with Crippen molar-refractivity contribution in [2.45, 2.75) is 0 Å². The maximum atomic E-state index is 12.9. The minimum Gasteiger partial charge on any atom is -0.507 e. The maximum absolute atomic E-state index is 12.9. The molecule has 0 aliphatic carbocycles. The Bertz CT molecular complexity index is 1190. The van der Waals surface area contributed by atoms with Gasteiger partial charge in [0.05, 0.1) is 16.8 Å². The number of para-hydroxylation sites is 2. The molecule has 0 saturated carbocycles. The van der Waals surface area contributed by atoms with Gasteiger partial charge in [0.15, 0.2) is 0 Å². The largest absolute Gasteiger partial charge is 0.507 e. The molecule has 3 aromatic carbocycles. The van der Waals surface area contributed by atoms with Crippen LogP contribution in [0.1, 0.15) is 20.7 Å². The fraction of sp³-hybridized carbons (Fsp3) is 0. The van der Waals surface area contributed by atoms with Crippen LogP contribution in [0.25, 0.3) is 16.9 Å². The molecule has 0 bridgehead atoms. The Morgan fingerprint density at radius 1 is 0.733 bits per heavy atom. The zero-order valence-electron chi connectivity index (χ0n) is 15.8. The second-order valence-corrected chi connectivity index (χ2v) is 6.46. The molecule has 1 heterocycles. The van der Waals surface area contributed by atoms with Crippen LogP contribution in [0.15, 0.2) is 91.1 Å². The molecule has 0 fully saturated rings. The lowest BCUT2D eigenvalue weighted by Crippen LogP contribution is -2.41. The van der Waals surface area contributed by atoms with Gasteiger partial charge >= 0.3 is 0 Å². The number of benzene rings is 3. The van der Waals surface area contributed by atoms with Gasteiger partial charge in [-0.1, -0.05) is 60.7 Å². The van der Waals surface area contributed by atoms with E-state index in [-0.39, 0.29) is 11.3 Å². The number of nitrogens with zero attached hydrogens (tertiary/aromatic N) is 2.